The molecule has 0 unspecified atom stereocenters. The van der Waals surface area contributed by atoms with Gasteiger partial charge in [0.25, 0.3) is 5.91 Å². The number of halogens is 1. The molecule has 2 N–H and O–H groups in total. The van der Waals surface area contributed by atoms with Gasteiger partial charge in [-0.1, -0.05) is 29.8 Å². The van der Waals surface area contributed by atoms with Crippen LogP contribution in [0.15, 0.2) is 47.5 Å². The fourth-order valence-corrected chi connectivity index (χ4v) is 3.89. The number of nitrogens with zero attached hydrogens (tertiary/aromatic N) is 2. The predicted octanol–water partition coefficient (Wildman–Crippen LogP) is 3.88. The number of aliphatic imine (C=N–C) groups is 1. The number of carbonyl (C=O) groups excluding carboxylic acids is 1. The number of likely N-dealkylation sites (tertiary alicyclic amines) is 1. The summed E-state index contributed by atoms with van der Waals surface area (Å²) >= 11 is 6.30. The smallest absolute Gasteiger partial charge is 0.253 e. The molecule has 0 aliphatic carbocycles. The number of benzene rings is 2. The van der Waals surface area contributed by atoms with Gasteiger partial charge in [0.15, 0.2) is 5.96 Å². The maximum absolute atomic E-state index is 12.6. The summed E-state index contributed by atoms with van der Waals surface area (Å²) in [5.74, 6) is 1.61. The maximum atomic E-state index is 12.6. The molecule has 0 saturated carbocycles. The van der Waals surface area contributed by atoms with Crippen LogP contribution in [0.4, 0.5) is 0 Å². The van der Waals surface area contributed by atoms with Gasteiger partial charge in [0, 0.05) is 43.8 Å². The number of carbonyl (C=O) groups is 1. The normalized spacial score (nSPS) is 14.3. The fourth-order valence-electron chi connectivity index (χ4n) is 3.62. The van der Waals surface area contributed by atoms with Crippen molar-refractivity contribution in [2.45, 2.75) is 32.2 Å². The third-order valence-electron chi connectivity index (χ3n) is 5.47. The van der Waals surface area contributed by atoms with Crippen molar-refractivity contribution < 1.29 is 9.53 Å². The van der Waals surface area contributed by atoms with Gasteiger partial charge in [-0.25, -0.2) is 0 Å². The zero-order chi connectivity index (χ0) is 22.1. The van der Waals surface area contributed by atoms with Crippen LogP contribution in [0.2, 0.25) is 5.02 Å². The minimum absolute atomic E-state index is 0.133. The van der Waals surface area contributed by atoms with E-state index < -0.39 is 0 Å². The summed E-state index contributed by atoms with van der Waals surface area (Å²) in [6, 6.07) is 13.5. The SMILES string of the molecule is CN=C(NCCc1ccc(OC)cc1Cl)NCc1ccc(C(=O)N2CCCCC2)cc1. The van der Waals surface area contributed by atoms with Crippen molar-refractivity contribution in [2.24, 2.45) is 4.99 Å². The number of nitrogens with one attached hydrogen (secondary N) is 2. The summed E-state index contributed by atoms with van der Waals surface area (Å²) in [6.45, 7) is 3.06. The summed E-state index contributed by atoms with van der Waals surface area (Å²) < 4.78 is 5.19. The molecule has 1 amide bonds. The Bertz CT molecular complexity index is 893. The topological polar surface area (TPSA) is 66.0 Å². The molecule has 166 valence electrons. The predicted molar refractivity (Wildman–Crippen MR) is 126 cm³/mol. The summed E-state index contributed by atoms with van der Waals surface area (Å²) in [6.07, 6.45) is 4.20. The van der Waals surface area contributed by atoms with Gasteiger partial charge in [-0.05, 0) is 61.1 Å². The van der Waals surface area contributed by atoms with Gasteiger partial charge in [-0.2, -0.15) is 0 Å². The second-order valence-corrected chi connectivity index (χ2v) is 8.02. The molecule has 2 aromatic rings. The molecule has 1 aliphatic heterocycles. The highest BCUT2D eigenvalue weighted by molar-refractivity contribution is 6.31. The average molecular weight is 443 g/mol. The van der Waals surface area contributed by atoms with E-state index in [-0.39, 0.29) is 5.91 Å². The first-order chi connectivity index (χ1) is 15.1. The number of piperidine rings is 1. The van der Waals surface area contributed by atoms with Gasteiger partial charge in [-0.3, -0.25) is 9.79 Å². The molecule has 1 saturated heterocycles. The first kappa shape index (κ1) is 22.9. The molecule has 0 radical (unpaired) electrons. The highest BCUT2D eigenvalue weighted by Gasteiger charge is 2.17. The minimum Gasteiger partial charge on any atom is -0.497 e. The van der Waals surface area contributed by atoms with Gasteiger partial charge >= 0.3 is 0 Å². The molecule has 1 fully saturated rings. The molecule has 7 heteroatoms. The van der Waals surface area contributed by atoms with E-state index in [0.29, 0.717) is 18.1 Å². The molecule has 1 aliphatic rings. The molecule has 0 spiro atoms. The Balaban J connectivity index is 1.45. The van der Waals surface area contributed by atoms with Crippen molar-refractivity contribution in [2.75, 3.05) is 33.8 Å². The van der Waals surface area contributed by atoms with Crippen molar-refractivity contribution >= 4 is 23.5 Å². The van der Waals surface area contributed by atoms with Crippen LogP contribution in [-0.4, -0.2) is 50.6 Å². The van der Waals surface area contributed by atoms with E-state index in [0.717, 1.165) is 60.8 Å². The average Bonchev–Trinajstić information content (AvgIpc) is 2.82. The van der Waals surface area contributed by atoms with Crippen molar-refractivity contribution in [3.63, 3.8) is 0 Å². The van der Waals surface area contributed by atoms with Crippen LogP contribution in [0, 0.1) is 0 Å². The van der Waals surface area contributed by atoms with Gasteiger partial charge in [-0.15, -0.1) is 0 Å². The van der Waals surface area contributed by atoms with Gasteiger partial charge in [0.2, 0.25) is 0 Å². The molecule has 0 bridgehead atoms. The lowest BCUT2D eigenvalue weighted by Gasteiger charge is -2.26. The first-order valence-corrected chi connectivity index (χ1v) is 11.1. The Labute approximate surface area is 189 Å². The first-order valence-electron chi connectivity index (χ1n) is 10.8. The Kier molecular flexibility index (Phi) is 8.59. The molecule has 31 heavy (non-hydrogen) atoms. The van der Waals surface area contributed by atoms with E-state index in [1.54, 1.807) is 14.2 Å². The third-order valence-corrected chi connectivity index (χ3v) is 5.83. The molecular formula is C24H31ClN4O2. The number of hydrogen-bond acceptors (Lipinski definition) is 3. The Morgan fingerprint density at radius 3 is 2.48 bits per heavy atom. The van der Waals surface area contributed by atoms with E-state index >= 15 is 0 Å². The Hall–Kier alpha value is -2.73. The standard InChI is InChI=1S/C24H31ClN4O2/c1-26-24(27-13-12-19-10-11-21(31-2)16-22(19)25)28-17-18-6-8-20(9-7-18)23(30)29-14-4-3-5-15-29/h6-11,16H,3-5,12-15,17H2,1-2H3,(H2,26,27,28). The minimum atomic E-state index is 0.133. The van der Waals surface area contributed by atoms with Gasteiger partial charge < -0.3 is 20.3 Å². The summed E-state index contributed by atoms with van der Waals surface area (Å²) in [4.78, 5) is 18.8. The zero-order valence-corrected chi connectivity index (χ0v) is 19.0. The monoisotopic (exact) mass is 442 g/mol. The van der Waals surface area contributed by atoms with Crippen LogP contribution >= 0.6 is 11.6 Å². The quantitative estimate of drug-likeness (QED) is 0.504. The summed E-state index contributed by atoms with van der Waals surface area (Å²) in [7, 11) is 3.37. The van der Waals surface area contributed by atoms with Crippen molar-refractivity contribution in [3.8, 4) is 5.75 Å². The molecular weight excluding hydrogens is 412 g/mol. The lowest BCUT2D eigenvalue weighted by molar-refractivity contribution is 0.0724. The molecule has 1 heterocycles. The number of methoxy groups -OCH3 is 1. The van der Waals surface area contributed by atoms with E-state index in [2.05, 4.69) is 15.6 Å². The number of amides is 1. The number of ether oxygens (including phenoxy) is 1. The summed E-state index contributed by atoms with van der Waals surface area (Å²) in [5, 5.41) is 7.31. The Morgan fingerprint density at radius 2 is 1.84 bits per heavy atom. The van der Waals surface area contributed by atoms with E-state index in [1.807, 2.05) is 47.4 Å². The van der Waals surface area contributed by atoms with Crippen LogP contribution in [0.1, 0.15) is 40.7 Å². The van der Waals surface area contributed by atoms with Crippen LogP contribution in [-0.2, 0) is 13.0 Å². The van der Waals surface area contributed by atoms with Crippen LogP contribution in [0.25, 0.3) is 0 Å². The molecule has 0 atom stereocenters. The van der Waals surface area contributed by atoms with Crippen LogP contribution < -0.4 is 15.4 Å². The van der Waals surface area contributed by atoms with E-state index in [1.165, 1.54) is 6.42 Å². The molecule has 3 rings (SSSR count). The zero-order valence-electron chi connectivity index (χ0n) is 18.3. The maximum Gasteiger partial charge on any atom is 0.253 e. The van der Waals surface area contributed by atoms with E-state index in [4.69, 9.17) is 16.3 Å². The van der Waals surface area contributed by atoms with Crippen LogP contribution in [0.5, 0.6) is 5.75 Å². The lowest BCUT2D eigenvalue weighted by atomic mass is 10.1. The van der Waals surface area contributed by atoms with Gasteiger partial charge in [0.1, 0.15) is 5.75 Å². The van der Waals surface area contributed by atoms with Gasteiger partial charge in [0.05, 0.1) is 7.11 Å². The molecule has 2 aromatic carbocycles. The Morgan fingerprint density at radius 1 is 1.10 bits per heavy atom. The second-order valence-electron chi connectivity index (χ2n) is 7.61. The highest BCUT2D eigenvalue weighted by Crippen LogP contribution is 2.22. The van der Waals surface area contributed by atoms with Crippen molar-refractivity contribution in [1.82, 2.24) is 15.5 Å². The number of hydrogen-bond donors (Lipinski definition) is 2. The van der Waals surface area contributed by atoms with Crippen molar-refractivity contribution in [3.05, 3.63) is 64.2 Å². The number of guanidine groups is 1. The second kappa shape index (κ2) is 11.6. The lowest BCUT2D eigenvalue weighted by Crippen LogP contribution is -2.38. The highest BCUT2D eigenvalue weighted by atomic mass is 35.5. The summed E-state index contributed by atoms with van der Waals surface area (Å²) in [5.41, 5.74) is 2.90. The molecule has 6 nitrogen and oxygen atoms in total. The van der Waals surface area contributed by atoms with Crippen LogP contribution in [0.3, 0.4) is 0 Å². The van der Waals surface area contributed by atoms with Crippen molar-refractivity contribution in [1.29, 1.82) is 0 Å². The fraction of sp³-hybridized carbons (Fsp3) is 0.417. The molecule has 0 aromatic heterocycles. The number of rotatable bonds is 7. The van der Waals surface area contributed by atoms with E-state index in [9.17, 15) is 4.79 Å². The third kappa shape index (κ3) is 6.62. The largest absolute Gasteiger partial charge is 0.497 e.